The van der Waals surface area contributed by atoms with Crippen molar-refractivity contribution in [1.82, 2.24) is 9.88 Å². The second-order valence-electron chi connectivity index (χ2n) is 7.77. The zero-order valence-corrected chi connectivity index (χ0v) is 18.5. The van der Waals surface area contributed by atoms with E-state index in [4.69, 9.17) is 14.2 Å². The number of nitrogens with one attached hydrogen (secondary N) is 1. The van der Waals surface area contributed by atoms with Crippen LogP contribution in [-0.4, -0.2) is 61.2 Å². The minimum absolute atomic E-state index is 0.0664. The molecule has 2 atom stereocenters. The molecule has 0 aliphatic carbocycles. The van der Waals surface area contributed by atoms with E-state index in [1.807, 2.05) is 12.1 Å². The van der Waals surface area contributed by atoms with E-state index in [9.17, 15) is 22.8 Å². The predicted molar refractivity (Wildman–Crippen MR) is 113 cm³/mol. The van der Waals surface area contributed by atoms with E-state index in [2.05, 4.69) is 10.3 Å². The molecule has 3 heterocycles. The van der Waals surface area contributed by atoms with E-state index in [1.54, 1.807) is 13.2 Å². The Labute approximate surface area is 191 Å². The van der Waals surface area contributed by atoms with Crippen molar-refractivity contribution in [2.75, 3.05) is 38.7 Å². The lowest BCUT2D eigenvalue weighted by molar-refractivity contribution is -0.140. The highest BCUT2D eigenvalue weighted by molar-refractivity contribution is 7.13. The number of likely N-dealkylation sites (tertiary alicyclic amines) is 1. The fraction of sp³-hybridized carbons (Fsp3) is 0.476. The number of methoxy groups -OCH3 is 1. The van der Waals surface area contributed by atoms with E-state index in [0.717, 1.165) is 17.4 Å². The molecule has 178 valence electrons. The molecule has 0 saturated carbocycles. The fourth-order valence-electron chi connectivity index (χ4n) is 3.77. The standard InChI is InChI=1S/C21H22F3N3O5S/c1-30-15-3-2-12(6-16(15)32-14-4-5-31-10-14)13-7-19(29)27(8-13)9-18(28)26-20-25-17(11-33-20)21(22,23)24/h2-3,6,11,13-14H,4-5,7-10H2,1H3,(H,25,26,28)/t13-,14-/m1/s1. The van der Waals surface area contributed by atoms with Gasteiger partial charge in [0, 0.05) is 30.7 Å². The molecule has 1 aromatic heterocycles. The smallest absolute Gasteiger partial charge is 0.434 e. The number of hydrogen-bond donors (Lipinski definition) is 1. The molecular weight excluding hydrogens is 463 g/mol. The number of benzene rings is 1. The zero-order chi connectivity index (χ0) is 23.6. The molecule has 0 bridgehead atoms. The van der Waals surface area contributed by atoms with Crippen molar-refractivity contribution in [2.45, 2.75) is 31.0 Å². The molecule has 0 spiro atoms. The number of nitrogens with zero attached hydrogens (tertiary/aromatic N) is 2. The number of aromatic nitrogens is 1. The molecule has 2 fully saturated rings. The maximum absolute atomic E-state index is 12.7. The van der Waals surface area contributed by atoms with Gasteiger partial charge in [0.05, 0.1) is 26.9 Å². The molecule has 2 aliphatic heterocycles. The van der Waals surface area contributed by atoms with Crippen molar-refractivity contribution >= 4 is 28.3 Å². The molecule has 1 aromatic carbocycles. The molecule has 4 rings (SSSR count). The third-order valence-electron chi connectivity index (χ3n) is 5.43. The quantitative estimate of drug-likeness (QED) is 0.648. The summed E-state index contributed by atoms with van der Waals surface area (Å²) in [6.07, 6.45) is -3.66. The van der Waals surface area contributed by atoms with Crippen molar-refractivity contribution in [3.63, 3.8) is 0 Å². The van der Waals surface area contributed by atoms with Gasteiger partial charge in [0.2, 0.25) is 11.8 Å². The number of rotatable bonds is 7. The molecule has 0 radical (unpaired) electrons. The lowest BCUT2D eigenvalue weighted by atomic mass is 9.98. The maximum atomic E-state index is 12.7. The number of alkyl halides is 3. The molecule has 8 nitrogen and oxygen atoms in total. The Kier molecular flexibility index (Phi) is 6.75. The number of anilines is 1. The summed E-state index contributed by atoms with van der Waals surface area (Å²) < 4.78 is 54.7. The second kappa shape index (κ2) is 9.56. The third kappa shape index (κ3) is 5.56. The number of carbonyl (C=O) groups excluding carboxylic acids is 2. The molecule has 0 unspecified atom stereocenters. The summed E-state index contributed by atoms with van der Waals surface area (Å²) in [6, 6.07) is 5.47. The average Bonchev–Trinajstić information content (AvgIpc) is 3.50. The van der Waals surface area contributed by atoms with Gasteiger partial charge < -0.3 is 24.4 Å². The number of thiazole rings is 1. The van der Waals surface area contributed by atoms with Crippen LogP contribution in [0.5, 0.6) is 11.5 Å². The SMILES string of the molecule is COc1ccc([C@@H]2CC(=O)N(CC(=O)Nc3nc(C(F)(F)F)cs3)C2)cc1O[C@@H]1CCOC1. The molecule has 33 heavy (non-hydrogen) atoms. The van der Waals surface area contributed by atoms with Gasteiger partial charge in [-0.05, 0) is 17.7 Å². The van der Waals surface area contributed by atoms with Crippen molar-refractivity contribution in [2.24, 2.45) is 0 Å². The van der Waals surface area contributed by atoms with E-state index < -0.39 is 17.8 Å². The van der Waals surface area contributed by atoms with Crippen LogP contribution in [0, 0.1) is 0 Å². The largest absolute Gasteiger partial charge is 0.493 e. The Morgan fingerprint density at radius 3 is 2.85 bits per heavy atom. The molecule has 12 heteroatoms. The number of halogens is 3. The van der Waals surface area contributed by atoms with Crippen molar-refractivity contribution in [1.29, 1.82) is 0 Å². The predicted octanol–water partition coefficient (Wildman–Crippen LogP) is 3.29. The highest BCUT2D eigenvalue weighted by Gasteiger charge is 2.35. The Hall–Kier alpha value is -2.86. The summed E-state index contributed by atoms with van der Waals surface area (Å²) >= 11 is 0.678. The Morgan fingerprint density at radius 1 is 1.36 bits per heavy atom. The lowest BCUT2D eigenvalue weighted by Crippen LogP contribution is -2.34. The Balaban J connectivity index is 1.38. The number of hydrogen-bond acceptors (Lipinski definition) is 7. The van der Waals surface area contributed by atoms with Gasteiger partial charge in [0.1, 0.15) is 6.10 Å². The van der Waals surface area contributed by atoms with Crippen LogP contribution in [0.15, 0.2) is 23.6 Å². The molecular formula is C21H22F3N3O5S. The van der Waals surface area contributed by atoms with Gasteiger partial charge >= 0.3 is 6.18 Å². The molecule has 2 amide bonds. The van der Waals surface area contributed by atoms with E-state index in [1.165, 1.54) is 4.90 Å². The van der Waals surface area contributed by atoms with Crippen LogP contribution in [-0.2, 0) is 20.5 Å². The number of carbonyl (C=O) groups is 2. The number of ether oxygens (including phenoxy) is 3. The van der Waals surface area contributed by atoms with Crippen LogP contribution in [0.25, 0.3) is 0 Å². The van der Waals surface area contributed by atoms with Crippen LogP contribution < -0.4 is 14.8 Å². The van der Waals surface area contributed by atoms with Crippen LogP contribution in [0.2, 0.25) is 0 Å². The van der Waals surface area contributed by atoms with Gasteiger partial charge in [-0.15, -0.1) is 11.3 Å². The van der Waals surface area contributed by atoms with E-state index in [0.29, 0.717) is 42.6 Å². The summed E-state index contributed by atoms with van der Waals surface area (Å²) in [6.45, 7) is 1.17. The monoisotopic (exact) mass is 485 g/mol. The zero-order valence-electron chi connectivity index (χ0n) is 17.7. The Bertz CT molecular complexity index is 1020. The first kappa shape index (κ1) is 23.3. The summed E-state index contributed by atoms with van der Waals surface area (Å²) in [5, 5.41) is 2.99. The summed E-state index contributed by atoms with van der Waals surface area (Å²) in [5.74, 6) is 0.168. The summed E-state index contributed by atoms with van der Waals surface area (Å²) in [7, 11) is 1.55. The van der Waals surface area contributed by atoms with Gasteiger partial charge in [-0.25, -0.2) is 4.98 Å². The van der Waals surface area contributed by atoms with Gasteiger partial charge in [-0.3, -0.25) is 9.59 Å². The topological polar surface area (TPSA) is 90.0 Å². The van der Waals surface area contributed by atoms with Gasteiger partial charge in [-0.1, -0.05) is 6.07 Å². The average molecular weight is 485 g/mol. The normalized spacial score (nSPS) is 20.8. The van der Waals surface area contributed by atoms with E-state index in [-0.39, 0.29) is 36.0 Å². The van der Waals surface area contributed by atoms with Gasteiger partial charge in [-0.2, -0.15) is 13.2 Å². The first-order chi connectivity index (χ1) is 15.7. The Morgan fingerprint density at radius 2 is 2.18 bits per heavy atom. The summed E-state index contributed by atoms with van der Waals surface area (Å²) in [5.41, 5.74) is -0.197. The number of amides is 2. The minimum atomic E-state index is -4.58. The first-order valence-electron chi connectivity index (χ1n) is 10.3. The van der Waals surface area contributed by atoms with Crippen LogP contribution in [0.3, 0.4) is 0 Å². The minimum Gasteiger partial charge on any atom is -0.493 e. The van der Waals surface area contributed by atoms with Crippen molar-refractivity contribution in [3.8, 4) is 11.5 Å². The molecule has 2 aliphatic rings. The molecule has 2 saturated heterocycles. The van der Waals surface area contributed by atoms with Gasteiger partial charge in [0.25, 0.3) is 0 Å². The molecule has 1 N–H and O–H groups in total. The van der Waals surface area contributed by atoms with E-state index >= 15 is 0 Å². The first-order valence-corrected chi connectivity index (χ1v) is 11.1. The highest BCUT2D eigenvalue weighted by Crippen LogP contribution is 2.36. The molecule has 2 aromatic rings. The third-order valence-corrected chi connectivity index (χ3v) is 6.19. The van der Waals surface area contributed by atoms with Gasteiger partial charge in [0.15, 0.2) is 22.3 Å². The lowest BCUT2D eigenvalue weighted by Gasteiger charge is -2.18. The second-order valence-corrected chi connectivity index (χ2v) is 8.63. The van der Waals surface area contributed by atoms with Crippen LogP contribution in [0.4, 0.5) is 18.3 Å². The van der Waals surface area contributed by atoms with Crippen molar-refractivity contribution in [3.05, 3.63) is 34.8 Å². The van der Waals surface area contributed by atoms with Crippen molar-refractivity contribution < 1.29 is 37.0 Å². The highest BCUT2D eigenvalue weighted by atomic mass is 32.1. The maximum Gasteiger partial charge on any atom is 0.434 e. The van der Waals surface area contributed by atoms with Crippen LogP contribution >= 0.6 is 11.3 Å². The van der Waals surface area contributed by atoms with Crippen LogP contribution in [0.1, 0.15) is 30.0 Å². The fourth-order valence-corrected chi connectivity index (χ4v) is 4.50. The summed E-state index contributed by atoms with van der Waals surface area (Å²) in [4.78, 5) is 29.5.